The van der Waals surface area contributed by atoms with Gasteiger partial charge in [0.15, 0.2) is 11.5 Å². The second-order valence-corrected chi connectivity index (χ2v) is 7.02. The Labute approximate surface area is 173 Å². The SMILES string of the molecule is COc1ccc(/C=C/C(=O)Nc2nnc(Cc3ccc(OC)c(OC)c3)s2)cc1. The zero-order chi connectivity index (χ0) is 20.6. The van der Waals surface area contributed by atoms with E-state index in [1.165, 1.54) is 17.4 Å². The number of carbonyl (C=O) groups is 1. The van der Waals surface area contributed by atoms with Gasteiger partial charge < -0.3 is 14.2 Å². The molecule has 1 heterocycles. The average Bonchev–Trinajstić information content (AvgIpc) is 3.19. The largest absolute Gasteiger partial charge is 0.497 e. The molecule has 0 spiro atoms. The van der Waals surface area contributed by atoms with Crippen LogP contribution >= 0.6 is 11.3 Å². The molecule has 0 aliphatic heterocycles. The Kier molecular flexibility index (Phi) is 6.80. The number of carbonyl (C=O) groups excluding carboxylic acids is 1. The van der Waals surface area contributed by atoms with Gasteiger partial charge in [0, 0.05) is 12.5 Å². The highest BCUT2D eigenvalue weighted by Crippen LogP contribution is 2.29. The van der Waals surface area contributed by atoms with Crippen molar-refractivity contribution in [3.8, 4) is 17.2 Å². The molecule has 0 unspecified atom stereocenters. The van der Waals surface area contributed by atoms with Crippen molar-refractivity contribution in [2.24, 2.45) is 0 Å². The molecule has 0 saturated carbocycles. The highest BCUT2D eigenvalue weighted by Gasteiger charge is 2.10. The smallest absolute Gasteiger partial charge is 0.250 e. The van der Waals surface area contributed by atoms with Crippen molar-refractivity contribution < 1.29 is 19.0 Å². The zero-order valence-corrected chi connectivity index (χ0v) is 17.2. The van der Waals surface area contributed by atoms with Crippen LogP contribution in [0.15, 0.2) is 48.5 Å². The number of ether oxygens (including phenoxy) is 3. The average molecular weight is 411 g/mol. The third kappa shape index (κ3) is 5.55. The van der Waals surface area contributed by atoms with Crippen LogP contribution in [0.5, 0.6) is 17.2 Å². The maximum Gasteiger partial charge on any atom is 0.250 e. The lowest BCUT2D eigenvalue weighted by Crippen LogP contribution is -2.07. The summed E-state index contributed by atoms with van der Waals surface area (Å²) in [6.45, 7) is 0. The predicted molar refractivity (Wildman–Crippen MR) is 113 cm³/mol. The minimum Gasteiger partial charge on any atom is -0.497 e. The van der Waals surface area contributed by atoms with Gasteiger partial charge in [0.25, 0.3) is 0 Å². The highest BCUT2D eigenvalue weighted by atomic mass is 32.1. The second-order valence-electron chi connectivity index (χ2n) is 5.96. The minimum absolute atomic E-state index is 0.269. The van der Waals surface area contributed by atoms with Crippen molar-refractivity contribution in [1.82, 2.24) is 10.2 Å². The molecule has 0 atom stereocenters. The van der Waals surface area contributed by atoms with E-state index in [2.05, 4.69) is 15.5 Å². The van der Waals surface area contributed by atoms with Gasteiger partial charge in [0.05, 0.1) is 21.3 Å². The number of methoxy groups -OCH3 is 3. The molecule has 1 aromatic heterocycles. The quantitative estimate of drug-likeness (QED) is 0.568. The monoisotopic (exact) mass is 411 g/mol. The van der Waals surface area contributed by atoms with Crippen molar-refractivity contribution >= 4 is 28.5 Å². The maximum atomic E-state index is 12.1. The molecule has 0 saturated heterocycles. The summed E-state index contributed by atoms with van der Waals surface area (Å²) in [7, 11) is 4.81. The number of amides is 1. The molecule has 0 radical (unpaired) electrons. The molecular weight excluding hydrogens is 390 g/mol. The summed E-state index contributed by atoms with van der Waals surface area (Å²) >= 11 is 1.33. The van der Waals surface area contributed by atoms with Crippen molar-refractivity contribution in [3.63, 3.8) is 0 Å². The zero-order valence-electron chi connectivity index (χ0n) is 16.3. The Hall–Kier alpha value is -3.39. The third-order valence-corrected chi connectivity index (χ3v) is 4.88. The van der Waals surface area contributed by atoms with Gasteiger partial charge in [-0.3, -0.25) is 10.1 Å². The summed E-state index contributed by atoms with van der Waals surface area (Å²) < 4.78 is 15.7. The Bertz CT molecular complexity index is 999. The Morgan fingerprint density at radius 3 is 2.45 bits per heavy atom. The lowest BCUT2D eigenvalue weighted by molar-refractivity contribution is -0.111. The Morgan fingerprint density at radius 2 is 1.76 bits per heavy atom. The molecule has 1 N–H and O–H groups in total. The van der Waals surface area contributed by atoms with E-state index in [4.69, 9.17) is 14.2 Å². The van der Waals surface area contributed by atoms with Crippen molar-refractivity contribution in [3.05, 3.63) is 64.7 Å². The first kappa shape index (κ1) is 20.3. The first-order valence-corrected chi connectivity index (χ1v) is 9.59. The molecule has 29 heavy (non-hydrogen) atoms. The van der Waals surface area contributed by atoms with Gasteiger partial charge in [-0.05, 0) is 41.5 Å². The van der Waals surface area contributed by atoms with Crippen LogP contribution in [0.2, 0.25) is 0 Å². The summed E-state index contributed by atoms with van der Waals surface area (Å²) in [5.74, 6) is 1.83. The molecular formula is C21H21N3O4S. The van der Waals surface area contributed by atoms with Crippen LogP contribution in [-0.4, -0.2) is 37.4 Å². The summed E-state index contributed by atoms with van der Waals surface area (Å²) in [5, 5.41) is 12.1. The van der Waals surface area contributed by atoms with Crippen LogP contribution in [0, 0.1) is 0 Å². The number of benzene rings is 2. The fourth-order valence-corrected chi connectivity index (χ4v) is 3.35. The Balaban J connectivity index is 1.59. The van der Waals surface area contributed by atoms with Gasteiger partial charge in [-0.25, -0.2) is 0 Å². The summed E-state index contributed by atoms with van der Waals surface area (Å²) in [4.78, 5) is 12.1. The third-order valence-electron chi connectivity index (χ3n) is 4.04. The van der Waals surface area contributed by atoms with Crippen LogP contribution in [0.25, 0.3) is 6.08 Å². The highest BCUT2D eigenvalue weighted by molar-refractivity contribution is 7.15. The van der Waals surface area contributed by atoms with Crippen LogP contribution < -0.4 is 19.5 Å². The van der Waals surface area contributed by atoms with E-state index in [0.29, 0.717) is 23.1 Å². The summed E-state index contributed by atoms with van der Waals surface area (Å²) in [5.41, 5.74) is 1.91. The molecule has 2 aromatic carbocycles. The number of nitrogens with zero attached hydrogens (tertiary/aromatic N) is 2. The van der Waals surface area contributed by atoms with Gasteiger partial charge in [-0.2, -0.15) is 0 Å². The molecule has 8 heteroatoms. The molecule has 3 aromatic rings. The summed E-state index contributed by atoms with van der Waals surface area (Å²) in [6, 6.07) is 13.1. The number of hydrogen-bond donors (Lipinski definition) is 1. The van der Waals surface area contributed by atoms with Crippen molar-refractivity contribution in [1.29, 1.82) is 0 Å². The van der Waals surface area contributed by atoms with E-state index in [9.17, 15) is 4.79 Å². The molecule has 0 aliphatic carbocycles. The van der Waals surface area contributed by atoms with Crippen LogP contribution in [-0.2, 0) is 11.2 Å². The topological polar surface area (TPSA) is 82.6 Å². The van der Waals surface area contributed by atoms with E-state index in [-0.39, 0.29) is 5.91 Å². The van der Waals surface area contributed by atoms with Crippen molar-refractivity contribution in [2.45, 2.75) is 6.42 Å². The predicted octanol–water partition coefficient (Wildman–Crippen LogP) is 3.81. The number of hydrogen-bond acceptors (Lipinski definition) is 7. The molecule has 0 bridgehead atoms. The number of anilines is 1. The molecule has 1 amide bonds. The van der Waals surface area contributed by atoms with Crippen LogP contribution in [0.4, 0.5) is 5.13 Å². The number of nitrogens with one attached hydrogen (secondary N) is 1. The van der Waals surface area contributed by atoms with Crippen molar-refractivity contribution in [2.75, 3.05) is 26.6 Å². The minimum atomic E-state index is -0.269. The normalized spacial score (nSPS) is 10.7. The fourth-order valence-electron chi connectivity index (χ4n) is 2.57. The lowest BCUT2D eigenvalue weighted by atomic mass is 10.1. The van der Waals surface area contributed by atoms with E-state index in [1.54, 1.807) is 27.4 Å². The molecule has 0 fully saturated rings. The summed E-state index contributed by atoms with van der Waals surface area (Å²) in [6.07, 6.45) is 3.76. The van der Waals surface area contributed by atoms with Gasteiger partial charge in [-0.1, -0.05) is 29.5 Å². The number of rotatable bonds is 8. The van der Waals surface area contributed by atoms with E-state index in [1.807, 2.05) is 42.5 Å². The molecule has 7 nitrogen and oxygen atoms in total. The Morgan fingerprint density at radius 1 is 1.00 bits per heavy atom. The number of aromatic nitrogens is 2. The maximum absolute atomic E-state index is 12.1. The first-order valence-electron chi connectivity index (χ1n) is 8.77. The van der Waals surface area contributed by atoms with E-state index >= 15 is 0 Å². The molecule has 3 rings (SSSR count). The first-order chi connectivity index (χ1) is 14.1. The van der Waals surface area contributed by atoms with Gasteiger partial charge in [0.1, 0.15) is 10.8 Å². The lowest BCUT2D eigenvalue weighted by Gasteiger charge is -2.08. The van der Waals surface area contributed by atoms with E-state index in [0.717, 1.165) is 21.9 Å². The van der Waals surface area contributed by atoms with Gasteiger partial charge >= 0.3 is 0 Å². The van der Waals surface area contributed by atoms with Gasteiger partial charge in [0.2, 0.25) is 11.0 Å². The second kappa shape index (κ2) is 9.70. The standard InChI is InChI=1S/C21H21N3O4S/c1-26-16-8-4-14(5-9-16)7-11-19(25)22-21-24-23-20(29-21)13-15-6-10-17(27-2)18(12-15)28-3/h4-12H,13H2,1-3H3,(H,22,24,25)/b11-7+. The van der Waals surface area contributed by atoms with Gasteiger partial charge in [-0.15, -0.1) is 10.2 Å². The van der Waals surface area contributed by atoms with Crippen LogP contribution in [0.1, 0.15) is 16.1 Å². The molecule has 150 valence electrons. The van der Waals surface area contributed by atoms with Crippen LogP contribution in [0.3, 0.4) is 0 Å². The molecule has 0 aliphatic rings. The fraction of sp³-hybridized carbons (Fsp3) is 0.190. The van der Waals surface area contributed by atoms with E-state index < -0.39 is 0 Å².